The summed E-state index contributed by atoms with van der Waals surface area (Å²) < 4.78 is 18.3. The van der Waals surface area contributed by atoms with E-state index in [9.17, 15) is 4.39 Å². The zero-order valence-electron chi connectivity index (χ0n) is 13.5. The highest BCUT2D eigenvalue weighted by Gasteiger charge is 2.00. The summed E-state index contributed by atoms with van der Waals surface area (Å²) in [6.07, 6.45) is 0.737. The van der Waals surface area contributed by atoms with Crippen LogP contribution in [0.5, 0.6) is 5.75 Å². The van der Waals surface area contributed by atoms with Crippen LogP contribution in [-0.2, 0) is 13.0 Å². The van der Waals surface area contributed by atoms with E-state index < -0.39 is 0 Å². The van der Waals surface area contributed by atoms with Crippen LogP contribution in [-0.4, -0.2) is 26.7 Å². The molecular formula is C18H22FN3O. The molecule has 4 nitrogen and oxygen atoms in total. The lowest BCUT2D eigenvalue weighted by Gasteiger charge is -2.12. The fourth-order valence-corrected chi connectivity index (χ4v) is 2.17. The number of hydrogen-bond donors (Lipinski definition) is 2. The quantitative estimate of drug-likeness (QED) is 0.636. The maximum Gasteiger partial charge on any atom is 0.191 e. The molecule has 0 heterocycles. The molecule has 0 radical (unpaired) electrons. The number of ether oxygens (including phenoxy) is 1. The first-order valence-electron chi connectivity index (χ1n) is 7.53. The van der Waals surface area contributed by atoms with Crippen molar-refractivity contribution in [2.24, 2.45) is 4.99 Å². The second-order valence-corrected chi connectivity index (χ2v) is 5.08. The van der Waals surface area contributed by atoms with Crippen molar-refractivity contribution in [3.63, 3.8) is 0 Å². The molecule has 2 aromatic rings. The largest absolute Gasteiger partial charge is 0.497 e. The summed E-state index contributed by atoms with van der Waals surface area (Å²) in [6.45, 7) is 1.36. The van der Waals surface area contributed by atoms with Gasteiger partial charge in [0, 0.05) is 20.1 Å². The second kappa shape index (κ2) is 8.78. The average Bonchev–Trinajstić information content (AvgIpc) is 2.58. The van der Waals surface area contributed by atoms with Crippen LogP contribution < -0.4 is 15.4 Å². The van der Waals surface area contributed by atoms with Crippen molar-refractivity contribution in [3.8, 4) is 5.75 Å². The molecule has 0 aliphatic rings. The molecule has 122 valence electrons. The minimum absolute atomic E-state index is 0.204. The van der Waals surface area contributed by atoms with Gasteiger partial charge in [-0.3, -0.25) is 4.99 Å². The SMILES string of the molecule is CN=C(NCCc1cccc(F)c1)NCc1ccc(OC)cc1. The smallest absolute Gasteiger partial charge is 0.191 e. The summed E-state index contributed by atoms with van der Waals surface area (Å²) in [7, 11) is 3.38. The lowest BCUT2D eigenvalue weighted by molar-refractivity contribution is 0.414. The molecule has 0 saturated carbocycles. The minimum Gasteiger partial charge on any atom is -0.497 e. The van der Waals surface area contributed by atoms with Gasteiger partial charge in [-0.1, -0.05) is 24.3 Å². The Morgan fingerprint density at radius 2 is 1.87 bits per heavy atom. The van der Waals surface area contributed by atoms with E-state index in [0.29, 0.717) is 13.1 Å². The maximum absolute atomic E-state index is 13.1. The van der Waals surface area contributed by atoms with Gasteiger partial charge in [0.05, 0.1) is 7.11 Å². The predicted molar refractivity (Wildman–Crippen MR) is 91.3 cm³/mol. The Bertz CT molecular complexity index is 641. The van der Waals surface area contributed by atoms with E-state index in [1.54, 1.807) is 26.3 Å². The highest BCUT2D eigenvalue weighted by molar-refractivity contribution is 5.79. The van der Waals surface area contributed by atoms with Crippen molar-refractivity contribution >= 4 is 5.96 Å². The van der Waals surface area contributed by atoms with Crippen molar-refractivity contribution < 1.29 is 9.13 Å². The van der Waals surface area contributed by atoms with Gasteiger partial charge in [-0.25, -0.2) is 4.39 Å². The molecule has 0 fully saturated rings. The van der Waals surface area contributed by atoms with Gasteiger partial charge in [0.2, 0.25) is 0 Å². The van der Waals surface area contributed by atoms with Crippen molar-refractivity contribution in [1.82, 2.24) is 10.6 Å². The molecule has 5 heteroatoms. The molecule has 2 rings (SSSR count). The van der Waals surface area contributed by atoms with Crippen molar-refractivity contribution in [2.45, 2.75) is 13.0 Å². The number of aliphatic imine (C=N–C) groups is 1. The Kier molecular flexibility index (Phi) is 6.41. The predicted octanol–water partition coefficient (Wildman–Crippen LogP) is 2.74. The molecule has 0 spiro atoms. The van der Waals surface area contributed by atoms with E-state index in [4.69, 9.17) is 4.74 Å². The molecule has 0 unspecified atom stereocenters. The Morgan fingerprint density at radius 3 is 2.52 bits per heavy atom. The van der Waals surface area contributed by atoms with Gasteiger partial charge < -0.3 is 15.4 Å². The maximum atomic E-state index is 13.1. The van der Waals surface area contributed by atoms with E-state index >= 15 is 0 Å². The molecule has 0 amide bonds. The highest BCUT2D eigenvalue weighted by Crippen LogP contribution is 2.10. The number of methoxy groups -OCH3 is 1. The molecule has 0 saturated heterocycles. The molecule has 23 heavy (non-hydrogen) atoms. The fraction of sp³-hybridized carbons (Fsp3) is 0.278. The Morgan fingerprint density at radius 1 is 1.09 bits per heavy atom. The van der Waals surface area contributed by atoms with Crippen LogP contribution >= 0.6 is 0 Å². The number of benzene rings is 2. The lowest BCUT2D eigenvalue weighted by Crippen LogP contribution is -2.37. The number of halogens is 1. The summed E-state index contributed by atoms with van der Waals surface area (Å²) in [6, 6.07) is 14.5. The monoisotopic (exact) mass is 315 g/mol. The summed E-state index contributed by atoms with van der Waals surface area (Å²) in [4.78, 5) is 4.18. The summed E-state index contributed by atoms with van der Waals surface area (Å²) in [5, 5.41) is 6.47. The first kappa shape index (κ1) is 16.8. The van der Waals surface area contributed by atoms with Gasteiger partial charge in [0.15, 0.2) is 5.96 Å². The zero-order valence-corrected chi connectivity index (χ0v) is 13.5. The molecule has 0 bridgehead atoms. The third kappa shape index (κ3) is 5.62. The first-order chi connectivity index (χ1) is 11.2. The van der Waals surface area contributed by atoms with Crippen molar-refractivity contribution in [2.75, 3.05) is 20.7 Å². The molecule has 2 aromatic carbocycles. The molecular weight excluding hydrogens is 293 g/mol. The van der Waals surface area contributed by atoms with E-state index in [2.05, 4.69) is 15.6 Å². The van der Waals surface area contributed by atoms with Crippen LogP contribution in [0, 0.1) is 5.82 Å². The van der Waals surface area contributed by atoms with E-state index in [1.165, 1.54) is 6.07 Å². The average molecular weight is 315 g/mol. The van der Waals surface area contributed by atoms with Gasteiger partial charge in [-0.2, -0.15) is 0 Å². The molecule has 2 N–H and O–H groups in total. The number of nitrogens with zero attached hydrogens (tertiary/aromatic N) is 1. The Hall–Kier alpha value is -2.56. The van der Waals surface area contributed by atoms with Gasteiger partial charge in [0.1, 0.15) is 11.6 Å². The second-order valence-electron chi connectivity index (χ2n) is 5.08. The standard InChI is InChI=1S/C18H22FN3O/c1-20-18(21-11-10-14-4-3-5-16(19)12-14)22-13-15-6-8-17(23-2)9-7-15/h3-9,12H,10-11,13H2,1-2H3,(H2,20,21,22). The third-order valence-corrected chi connectivity index (χ3v) is 3.44. The number of guanidine groups is 1. The summed E-state index contributed by atoms with van der Waals surface area (Å²) in [5.41, 5.74) is 2.10. The van der Waals surface area contributed by atoms with Crippen molar-refractivity contribution in [3.05, 3.63) is 65.5 Å². The van der Waals surface area contributed by atoms with E-state index in [-0.39, 0.29) is 5.82 Å². The van der Waals surface area contributed by atoms with Crippen molar-refractivity contribution in [1.29, 1.82) is 0 Å². The number of nitrogens with one attached hydrogen (secondary N) is 2. The molecule has 0 atom stereocenters. The van der Waals surface area contributed by atoms with Crippen LogP contribution in [0.25, 0.3) is 0 Å². The van der Waals surface area contributed by atoms with Crippen LogP contribution in [0.15, 0.2) is 53.5 Å². The first-order valence-corrected chi connectivity index (χ1v) is 7.53. The Balaban J connectivity index is 1.76. The van der Waals surface area contributed by atoms with E-state index in [1.807, 2.05) is 30.3 Å². The molecule has 0 aliphatic heterocycles. The van der Waals surface area contributed by atoms with E-state index in [0.717, 1.165) is 29.3 Å². The van der Waals surface area contributed by atoms with Crippen LogP contribution in [0.2, 0.25) is 0 Å². The van der Waals surface area contributed by atoms with Gasteiger partial charge in [-0.05, 0) is 41.8 Å². The number of rotatable bonds is 6. The van der Waals surface area contributed by atoms with Gasteiger partial charge >= 0.3 is 0 Å². The summed E-state index contributed by atoms with van der Waals surface area (Å²) >= 11 is 0. The van der Waals surface area contributed by atoms with Crippen LogP contribution in [0.4, 0.5) is 4.39 Å². The van der Waals surface area contributed by atoms with Gasteiger partial charge in [0.25, 0.3) is 0 Å². The van der Waals surface area contributed by atoms with Crippen LogP contribution in [0.3, 0.4) is 0 Å². The van der Waals surface area contributed by atoms with Gasteiger partial charge in [-0.15, -0.1) is 0 Å². The number of hydrogen-bond acceptors (Lipinski definition) is 2. The lowest BCUT2D eigenvalue weighted by atomic mass is 10.1. The zero-order chi connectivity index (χ0) is 16.5. The Labute approximate surface area is 136 Å². The molecule has 0 aliphatic carbocycles. The minimum atomic E-state index is -0.204. The highest BCUT2D eigenvalue weighted by atomic mass is 19.1. The normalized spacial score (nSPS) is 11.2. The van der Waals surface area contributed by atoms with Crippen LogP contribution in [0.1, 0.15) is 11.1 Å². The fourth-order valence-electron chi connectivity index (χ4n) is 2.17. The third-order valence-electron chi connectivity index (χ3n) is 3.44. The summed E-state index contributed by atoms with van der Waals surface area (Å²) in [5.74, 6) is 1.35. The molecule has 0 aromatic heterocycles. The topological polar surface area (TPSA) is 45.7 Å².